The molecule has 2 heterocycles. The third kappa shape index (κ3) is 2.95. The van der Waals surface area contributed by atoms with E-state index in [0.717, 1.165) is 32.5 Å². The van der Waals surface area contributed by atoms with Crippen molar-refractivity contribution in [3.8, 4) is 0 Å². The molecular formula is C24H31NO2. The number of carbonyl (C=O) groups excluding carboxylic acids is 1. The van der Waals surface area contributed by atoms with Crippen LogP contribution in [-0.2, 0) is 22.5 Å². The molecule has 1 saturated heterocycles. The van der Waals surface area contributed by atoms with E-state index in [-0.39, 0.29) is 29.3 Å². The molecular weight excluding hydrogens is 334 g/mol. The fourth-order valence-corrected chi connectivity index (χ4v) is 6.25. The van der Waals surface area contributed by atoms with E-state index < -0.39 is 0 Å². The monoisotopic (exact) mass is 365 g/mol. The minimum Gasteiger partial charge on any atom is -0.461 e. The van der Waals surface area contributed by atoms with Gasteiger partial charge >= 0.3 is 5.97 Å². The van der Waals surface area contributed by atoms with Gasteiger partial charge < -0.3 is 4.74 Å². The summed E-state index contributed by atoms with van der Waals surface area (Å²) in [6.45, 7) is 7.61. The van der Waals surface area contributed by atoms with Gasteiger partial charge in [0, 0.05) is 25.6 Å². The van der Waals surface area contributed by atoms with E-state index in [1.165, 1.54) is 30.4 Å². The van der Waals surface area contributed by atoms with E-state index in [1.54, 1.807) is 5.57 Å². The summed E-state index contributed by atoms with van der Waals surface area (Å²) < 4.78 is 5.93. The van der Waals surface area contributed by atoms with Crippen molar-refractivity contribution in [2.45, 2.75) is 58.6 Å². The summed E-state index contributed by atoms with van der Waals surface area (Å²) in [5, 5.41) is 0. The Bertz CT molecular complexity index is 784. The minimum atomic E-state index is 0.00596. The fourth-order valence-electron chi connectivity index (χ4n) is 6.25. The van der Waals surface area contributed by atoms with E-state index in [9.17, 15) is 4.79 Å². The number of hydrogen-bond acceptors (Lipinski definition) is 3. The van der Waals surface area contributed by atoms with Gasteiger partial charge in [-0.1, -0.05) is 56.2 Å². The Morgan fingerprint density at radius 2 is 2.07 bits per heavy atom. The molecule has 0 spiro atoms. The predicted octanol–water partition coefficient (Wildman–Crippen LogP) is 4.36. The molecule has 0 N–H and O–H groups in total. The van der Waals surface area contributed by atoms with Crippen LogP contribution in [0.25, 0.3) is 0 Å². The topological polar surface area (TPSA) is 29.5 Å². The van der Waals surface area contributed by atoms with Crippen LogP contribution in [0.1, 0.15) is 50.7 Å². The molecule has 27 heavy (non-hydrogen) atoms. The van der Waals surface area contributed by atoms with E-state index in [2.05, 4.69) is 49.1 Å². The summed E-state index contributed by atoms with van der Waals surface area (Å²) in [7, 11) is 0. The number of benzene rings is 1. The van der Waals surface area contributed by atoms with Gasteiger partial charge in [0.1, 0.15) is 6.10 Å². The van der Waals surface area contributed by atoms with Gasteiger partial charge in [0.05, 0.1) is 5.92 Å². The number of carbonyl (C=O) groups is 1. The summed E-state index contributed by atoms with van der Waals surface area (Å²) >= 11 is 0. The number of esters is 1. The molecule has 3 heteroatoms. The Morgan fingerprint density at radius 1 is 1.26 bits per heavy atom. The summed E-state index contributed by atoms with van der Waals surface area (Å²) in [5.74, 6) is 0.975. The minimum absolute atomic E-state index is 0.00596. The first-order valence-corrected chi connectivity index (χ1v) is 10.8. The van der Waals surface area contributed by atoms with Crippen LogP contribution >= 0.6 is 0 Å². The van der Waals surface area contributed by atoms with Crippen molar-refractivity contribution in [3.05, 3.63) is 47.0 Å². The summed E-state index contributed by atoms with van der Waals surface area (Å²) in [6, 6.07) is 8.72. The maximum atomic E-state index is 12.8. The van der Waals surface area contributed by atoms with Crippen LogP contribution in [-0.4, -0.2) is 30.1 Å². The fraction of sp³-hybridized carbons (Fsp3) is 0.625. The molecule has 0 unspecified atom stereocenters. The van der Waals surface area contributed by atoms with Crippen LogP contribution in [0.3, 0.4) is 0 Å². The molecule has 1 aromatic rings. The van der Waals surface area contributed by atoms with E-state index >= 15 is 0 Å². The van der Waals surface area contributed by atoms with Crippen molar-refractivity contribution >= 4 is 5.97 Å². The third-order valence-electron chi connectivity index (χ3n) is 7.75. The van der Waals surface area contributed by atoms with Crippen LogP contribution in [0.4, 0.5) is 0 Å². The molecule has 0 amide bonds. The Morgan fingerprint density at radius 3 is 2.93 bits per heavy atom. The molecule has 144 valence electrons. The van der Waals surface area contributed by atoms with Crippen molar-refractivity contribution in [1.82, 2.24) is 4.90 Å². The van der Waals surface area contributed by atoms with Gasteiger partial charge in [-0.2, -0.15) is 0 Å². The van der Waals surface area contributed by atoms with Crippen molar-refractivity contribution in [3.63, 3.8) is 0 Å². The normalized spacial score (nSPS) is 38.4. The van der Waals surface area contributed by atoms with Crippen LogP contribution in [0.15, 0.2) is 35.9 Å². The smallest absolute Gasteiger partial charge is 0.311 e. The Labute approximate surface area is 162 Å². The van der Waals surface area contributed by atoms with Gasteiger partial charge in [0.2, 0.25) is 0 Å². The van der Waals surface area contributed by atoms with E-state index in [0.29, 0.717) is 5.92 Å². The number of allylic oxidation sites excluding steroid dienone is 1. The molecule has 0 radical (unpaired) electrons. The molecule has 3 nitrogen and oxygen atoms in total. The van der Waals surface area contributed by atoms with Crippen LogP contribution < -0.4 is 0 Å². The van der Waals surface area contributed by atoms with Crippen molar-refractivity contribution in [2.75, 3.05) is 13.1 Å². The van der Waals surface area contributed by atoms with Crippen molar-refractivity contribution < 1.29 is 9.53 Å². The second-order valence-corrected chi connectivity index (χ2v) is 9.59. The Kier molecular flexibility index (Phi) is 4.19. The third-order valence-corrected chi connectivity index (χ3v) is 7.75. The molecule has 1 aromatic carbocycles. The first kappa shape index (κ1) is 17.5. The molecule has 0 bridgehead atoms. The number of rotatable bonds is 2. The molecule has 2 aliphatic carbocycles. The maximum Gasteiger partial charge on any atom is 0.311 e. The molecule has 5 rings (SSSR count). The standard InChI is InChI=1S/C24H31NO2/c1-16-6-5-10-24(2)13-22-19(12-21(16)24)20(23(26)27-22)15-25-11-9-17-7-3-4-8-18(17)14-25/h3-4,7-8,12,16,19-20,22H,5-6,9-11,13-15H2,1-2H3/t16-,19+,20+,22+,24+/m0/s1. The average Bonchev–Trinajstić information content (AvgIpc) is 2.94. The summed E-state index contributed by atoms with van der Waals surface area (Å²) in [6.07, 6.45) is 8.53. The maximum absolute atomic E-state index is 12.8. The van der Waals surface area contributed by atoms with Gasteiger partial charge in [0.15, 0.2) is 0 Å². The zero-order chi connectivity index (χ0) is 18.6. The lowest BCUT2D eigenvalue weighted by atomic mass is 9.59. The molecule has 5 atom stereocenters. The average molecular weight is 366 g/mol. The predicted molar refractivity (Wildman–Crippen MR) is 106 cm³/mol. The second-order valence-electron chi connectivity index (χ2n) is 9.59. The zero-order valence-electron chi connectivity index (χ0n) is 16.6. The first-order valence-electron chi connectivity index (χ1n) is 10.8. The largest absolute Gasteiger partial charge is 0.461 e. The number of ether oxygens (including phenoxy) is 1. The second kappa shape index (κ2) is 6.48. The Hall–Kier alpha value is -1.61. The van der Waals surface area contributed by atoms with Crippen LogP contribution in [0.2, 0.25) is 0 Å². The molecule has 1 saturated carbocycles. The molecule has 2 aliphatic heterocycles. The van der Waals surface area contributed by atoms with E-state index in [4.69, 9.17) is 4.74 Å². The lowest BCUT2D eigenvalue weighted by Crippen LogP contribution is -2.41. The highest BCUT2D eigenvalue weighted by atomic mass is 16.6. The quantitative estimate of drug-likeness (QED) is 0.576. The van der Waals surface area contributed by atoms with Gasteiger partial charge in [0.25, 0.3) is 0 Å². The molecule has 4 aliphatic rings. The number of hydrogen-bond donors (Lipinski definition) is 0. The van der Waals surface area contributed by atoms with Crippen molar-refractivity contribution in [2.24, 2.45) is 23.2 Å². The molecule has 2 fully saturated rings. The molecule has 0 aromatic heterocycles. The zero-order valence-corrected chi connectivity index (χ0v) is 16.6. The van der Waals surface area contributed by atoms with Gasteiger partial charge in [-0.3, -0.25) is 9.69 Å². The lowest BCUT2D eigenvalue weighted by Gasteiger charge is -2.46. The first-order chi connectivity index (χ1) is 13.0. The van der Waals surface area contributed by atoms with E-state index in [1.807, 2.05) is 0 Å². The highest BCUT2D eigenvalue weighted by molar-refractivity contribution is 5.76. The van der Waals surface area contributed by atoms with Crippen molar-refractivity contribution in [1.29, 1.82) is 0 Å². The highest BCUT2D eigenvalue weighted by Gasteiger charge is 2.52. The summed E-state index contributed by atoms with van der Waals surface area (Å²) in [4.78, 5) is 15.2. The lowest BCUT2D eigenvalue weighted by molar-refractivity contribution is -0.145. The SMILES string of the molecule is C[C@H]1CCC[C@]2(C)C[C@H]3OC(=O)[C@H](CN4CCc5ccccc5C4)[C@H]3C=C12. The van der Waals surface area contributed by atoms with Crippen LogP contribution in [0, 0.1) is 23.2 Å². The highest BCUT2D eigenvalue weighted by Crippen LogP contribution is 2.54. The van der Waals surface area contributed by atoms with Gasteiger partial charge in [-0.25, -0.2) is 0 Å². The van der Waals surface area contributed by atoms with Gasteiger partial charge in [-0.15, -0.1) is 0 Å². The summed E-state index contributed by atoms with van der Waals surface area (Å²) in [5.41, 5.74) is 4.74. The van der Waals surface area contributed by atoms with Crippen LogP contribution in [0.5, 0.6) is 0 Å². The Balaban J connectivity index is 1.37. The number of fused-ring (bicyclic) bond motifs is 3. The number of nitrogens with zero attached hydrogens (tertiary/aromatic N) is 1. The van der Waals surface area contributed by atoms with Gasteiger partial charge in [-0.05, 0) is 48.1 Å².